The Morgan fingerprint density at radius 3 is 2.29 bits per heavy atom. The minimum absolute atomic E-state index is 0.00206. The SMILES string of the molecule is COC(=O)[C@@]1(C)C[C@@H]2CC[C@H]1C2(C)C. The summed E-state index contributed by atoms with van der Waals surface area (Å²) in [4.78, 5) is 11.8. The smallest absolute Gasteiger partial charge is 0.311 e. The first-order chi connectivity index (χ1) is 6.43. The summed E-state index contributed by atoms with van der Waals surface area (Å²) in [5.41, 5.74) is 0.129. The lowest BCUT2D eigenvalue weighted by Crippen LogP contribution is -2.36. The van der Waals surface area contributed by atoms with Gasteiger partial charge in [0.15, 0.2) is 0 Å². The lowest BCUT2D eigenvalue weighted by molar-refractivity contribution is -0.155. The van der Waals surface area contributed by atoms with Gasteiger partial charge in [-0.15, -0.1) is 0 Å². The van der Waals surface area contributed by atoms with E-state index in [-0.39, 0.29) is 11.4 Å². The molecule has 14 heavy (non-hydrogen) atoms. The van der Waals surface area contributed by atoms with Gasteiger partial charge in [-0.25, -0.2) is 0 Å². The molecule has 0 N–H and O–H groups in total. The summed E-state index contributed by atoms with van der Waals surface area (Å²) < 4.78 is 4.94. The van der Waals surface area contributed by atoms with E-state index >= 15 is 0 Å². The van der Waals surface area contributed by atoms with Crippen LogP contribution in [0.2, 0.25) is 0 Å². The molecule has 80 valence electrons. The van der Waals surface area contributed by atoms with E-state index in [1.165, 1.54) is 20.0 Å². The number of hydrogen-bond acceptors (Lipinski definition) is 2. The van der Waals surface area contributed by atoms with Crippen LogP contribution in [0.3, 0.4) is 0 Å². The van der Waals surface area contributed by atoms with E-state index in [4.69, 9.17) is 4.74 Å². The maximum Gasteiger partial charge on any atom is 0.311 e. The van der Waals surface area contributed by atoms with E-state index < -0.39 is 0 Å². The zero-order chi connectivity index (χ0) is 10.6. The minimum Gasteiger partial charge on any atom is -0.469 e. The van der Waals surface area contributed by atoms with Crippen molar-refractivity contribution in [1.82, 2.24) is 0 Å². The maximum absolute atomic E-state index is 11.8. The Balaban J connectivity index is 2.31. The summed E-state index contributed by atoms with van der Waals surface area (Å²) in [5, 5.41) is 0. The monoisotopic (exact) mass is 196 g/mol. The molecule has 0 aromatic carbocycles. The van der Waals surface area contributed by atoms with Crippen molar-refractivity contribution in [3.8, 4) is 0 Å². The van der Waals surface area contributed by atoms with E-state index in [2.05, 4.69) is 20.8 Å². The average Bonchev–Trinajstić information content (AvgIpc) is 2.51. The van der Waals surface area contributed by atoms with Crippen LogP contribution in [0.15, 0.2) is 0 Å². The Kier molecular flexibility index (Phi) is 1.96. The van der Waals surface area contributed by atoms with Crippen molar-refractivity contribution in [2.75, 3.05) is 7.11 Å². The molecule has 0 spiro atoms. The van der Waals surface area contributed by atoms with Crippen LogP contribution in [0.1, 0.15) is 40.0 Å². The zero-order valence-electron chi connectivity index (χ0n) is 9.59. The van der Waals surface area contributed by atoms with Crippen LogP contribution in [-0.4, -0.2) is 13.1 Å². The molecule has 2 nitrogen and oxygen atoms in total. The molecule has 2 saturated carbocycles. The van der Waals surface area contributed by atoms with Crippen LogP contribution < -0.4 is 0 Å². The average molecular weight is 196 g/mol. The molecule has 0 aromatic rings. The molecule has 0 saturated heterocycles. The maximum atomic E-state index is 11.8. The van der Waals surface area contributed by atoms with Gasteiger partial charge in [-0.1, -0.05) is 13.8 Å². The number of fused-ring (bicyclic) bond motifs is 2. The molecule has 0 amide bonds. The zero-order valence-corrected chi connectivity index (χ0v) is 9.59. The quantitative estimate of drug-likeness (QED) is 0.603. The number of ether oxygens (including phenoxy) is 1. The summed E-state index contributed by atoms with van der Waals surface area (Å²) in [6.45, 7) is 6.71. The van der Waals surface area contributed by atoms with E-state index in [9.17, 15) is 4.79 Å². The predicted octanol–water partition coefficient (Wildman–Crippen LogP) is 2.62. The van der Waals surface area contributed by atoms with Gasteiger partial charge in [-0.2, -0.15) is 0 Å². The number of esters is 1. The van der Waals surface area contributed by atoms with Crippen molar-refractivity contribution >= 4 is 5.97 Å². The van der Waals surface area contributed by atoms with Crippen molar-refractivity contribution in [3.05, 3.63) is 0 Å². The van der Waals surface area contributed by atoms with Crippen molar-refractivity contribution < 1.29 is 9.53 Å². The van der Waals surface area contributed by atoms with E-state index in [1.807, 2.05) is 0 Å². The van der Waals surface area contributed by atoms with Crippen molar-refractivity contribution in [2.24, 2.45) is 22.7 Å². The van der Waals surface area contributed by atoms with E-state index in [0.29, 0.717) is 11.3 Å². The molecule has 2 aliphatic carbocycles. The van der Waals surface area contributed by atoms with Gasteiger partial charge in [-0.05, 0) is 43.4 Å². The first-order valence-corrected chi connectivity index (χ1v) is 5.51. The van der Waals surface area contributed by atoms with Gasteiger partial charge in [0.05, 0.1) is 12.5 Å². The lowest BCUT2D eigenvalue weighted by Gasteiger charge is -2.33. The number of carbonyl (C=O) groups excluding carboxylic acids is 1. The van der Waals surface area contributed by atoms with Gasteiger partial charge in [0.25, 0.3) is 0 Å². The van der Waals surface area contributed by atoms with Crippen molar-refractivity contribution in [3.63, 3.8) is 0 Å². The van der Waals surface area contributed by atoms with Crippen LogP contribution in [0.25, 0.3) is 0 Å². The molecule has 2 bridgehead atoms. The Hall–Kier alpha value is -0.530. The van der Waals surface area contributed by atoms with Gasteiger partial charge in [0.2, 0.25) is 0 Å². The summed E-state index contributed by atoms with van der Waals surface area (Å²) in [6.07, 6.45) is 3.52. The van der Waals surface area contributed by atoms with Gasteiger partial charge in [-0.3, -0.25) is 4.79 Å². The van der Waals surface area contributed by atoms with Gasteiger partial charge in [0, 0.05) is 0 Å². The Morgan fingerprint density at radius 1 is 1.29 bits per heavy atom. The third kappa shape index (κ3) is 0.999. The fraction of sp³-hybridized carbons (Fsp3) is 0.917. The minimum atomic E-state index is -0.207. The molecule has 0 aromatic heterocycles. The highest BCUT2D eigenvalue weighted by Crippen LogP contribution is 2.65. The predicted molar refractivity (Wildman–Crippen MR) is 54.7 cm³/mol. The summed E-state index contributed by atoms with van der Waals surface area (Å²) in [6, 6.07) is 0. The van der Waals surface area contributed by atoms with Gasteiger partial charge < -0.3 is 4.74 Å². The molecule has 0 radical (unpaired) electrons. The second-order valence-corrected chi connectivity index (χ2v) is 5.76. The van der Waals surface area contributed by atoms with Crippen LogP contribution in [-0.2, 0) is 9.53 Å². The third-order valence-corrected chi connectivity index (χ3v) is 4.85. The van der Waals surface area contributed by atoms with E-state index in [1.54, 1.807) is 0 Å². The summed E-state index contributed by atoms with van der Waals surface area (Å²) >= 11 is 0. The second-order valence-electron chi connectivity index (χ2n) is 5.76. The first kappa shape index (κ1) is 10.0. The standard InChI is InChI=1S/C12H20O2/c1-11(2)8-5-6-9(11)12(3,7-8)10(13)14-4/h8-9H,5-7H2,1-4H3/t8-,9-,12-/m0/s1. The molecule has 3 atom stereocenters. The molecule has 0 aliphatic heterocycles. The van der Waals surface area contributed by atoms with Crippen LogP contribution in [0.4, 0.5) is 0 Å². The highest BCUT2D eigenvalue weighted by Gasteiger charge is 2.62. The van der Waals surface area contributed by atoms with Crippen LogP contribution in [0.5, 0.6) is 0 Å². The first-order valence-electron chi connectivity index (χ1n) is 5.51. The van der Waals surface area contributed by atoms with Crippen LogP contribution >= 0.6 is 0 Å². The topological polar surface area (TPSA) is 26.3 Å². The van der Waals surface area contributed by atoms with Gasteiger partial charge in [0.1, 0.15) is 0 Å². The fourth-order valence-electron chi connectivity index (χ4n) is 4.01. The number of hydrogen-bond donors (Lipinski definition) is 0. The van der Waals surface area contributed by atoms with Crippen molar-refractivity contribution in [2.45, 2.75) is 40.0 Å². The number of methoxy groups -OCH3 is 1. The molecule has 2 heteroatoms. The molecule has 0 unspecified atom stereocenters. The molecule has 2 rings (SSSR count). The Labute approximate surface area is 86.0 Å². The number of carbonyl (C=O) groups is 1. The van der Waals surface area contributed by atoms with Gasteiger partial charge >= 0.3 is 5.97 Å². The lowest BCUT2D eigenvalue weighted by atomic mass is 9.71. The second kappa shape index (κ2) is 2.74. The highest BCUT2D eigenvalue weighted by molar-refractivity contribution is 5.77. The van der Waals surface area contributed by atoms with E-state index in [0.717, 1.165) is 12.3 Å². The Bertz CT molecular complexity index is 269. The fourth-order valence-corrected chi connectivity index (χ4v) is 4.01. The van der Waals surface area contributed by atoms with Crippen LogP contribution in [0, 0.1) is 22.7 Å². The molecular weight excluding hydrogens is 176 g/mol. The normalized spacial score (nSPS) is 44.0. The molecule has 2 fully saturated rings. The molecular formula is C12H20O2. The summed E-state index contributed by atoms with van der Waals surface area (Å²) in [7, 11) is 1.51. The molecule has 2 aliphatic rings. The summed E-state index contributed by atoms with van der Waals surface area (Å²) in [5.74, 6) is 1.24. The third-order valence-electron chi connectivity index (χ3n) is 4.85. The highest BCUT2D eigenvalue weighted by atomic mass is 16.5. The largest absolute Gasteiger partial charge is 0.469 e. The Morgan fingerprint density at radius 2 is 1.93 bits per heavy atom. The number of rotatable bonds is 1. The molecule has 0 heterocycles. The van der Waals surface area contributed by atoms with Crippen molar-refractivity contribution in [1.29, 1.82) is 0 Å².